The molecule has 6 heteroatoms. The van der Waals surface area contributed by atoms with Gasteiger partial charge < -0.3 is 14.2 Å². The van der Waals surface area contributed by atoms with Crippen LogP contribution in [0.2, 0.25) is 0 Å². The molecule has 0 saturated carbocycles. The molecule has 446 valence electrons. The van der Waals surface area contributed by atoms with E-state index in [-0.39, 0.29) is 31.1 Å². The van der Waals surface area contributed by atoms with Gasteiger partial charge in [0.25, 0.3) is 0 Å². The zero-order valence-corrected chi connectivity index (χ0v) is 51.1. The standard InChI is InChI=1S/C73H118O6/c1-4-7-10-13-15-17-19-21-23-25-27-29-31-33-35-36-38-39-41-43-45-47-49-51-53-55-57-60-63-66-72(75)78-69-70(68-77-71(74)65-62-59-12-9-6-3)79-73(76)67-64-61-58-56-54-52-50-48-46-44-42-40-37-34-32-30-28-26-24-22-20-18-16-14-11-8-5-2/h7-8,10-11,15-18,21-24,27-30,33,35,38-39,43,45,49,51,70H,4-6,9,12-14,19-20,25-26,31-32,34,36-37,40-42,44,46-48,50,52-69H2,1-3H3/b10-7-,11-8-,17-15-,18-16-,23-21-,24-22-,29-27-,30-28-,35-33-,39-38-,45-43-,51-49-. The molecule has 0 aromatic carbocycles. The van der Waals surface area contributed by atoms with E-state index in [2.05, 4.69) is 167 Å². The van der Waals surface area contributed by atoms with Gasteiger partial charge in [-0.3, -0.25) is 14.4 Å². The Balaban J connectivity index is 4.13. The van der Waals surface area contributed by atoms with Gasteiger partial charge in [-0.05, 0) is 122 Å². The third kappa shape index (κ3) is 64.0. The van der Waals surface area contributed by atoms with Crippen molar-refractivity contribution in [2.45, 2.75) is 284 Å². The zero-order chi connectivity index (χ0) is 57.1. The Morgan fingerprint density at radius 1 is 0.266 bits per heavy atom. The molecule has 79 heavy (non-hydrogen) atoms. The van der Waals surface area contributed by atoms with Gasteiger partial charge in [-0.2, -0.15) is 0 Å². The van der Waals surface area contributed by atoms with Crippen molar-refractivity contribution < 1.29 is 28.6 Å². The second-order valence-corrected chi connectivity index (χ2v) is 20.9. The molecular formula is C73H118O6. The summed E-state index contributed by atoms with van der Waals surface area (Å²) in [6, 6.07) is 0. The first-order valence-electron chi connectivity index (χ1n) is 32.3. The fourth-order valence-corrected chi connectivity index (χ4v) is 8.57. The van der Waals surface area contributed by atoms with Crippen LogP contribution in [-0.4, -0.2) is 37.2 Å². The van der Waals surface area contributed by atoms with Crippen LogP contribution in [0.3, 0.4) is 0 Å². The number of hydrogen-bond donors (Lipinski definition) is 0. The third-order valence-electron chi connectivity index (χ3n) is 13.3. The van der Waals surface area contributed by atoms with Crippen LogP contribution in [0.1, 0.15) is 278 Å². The van der Waals surface area contributed by atoms with Gasteiger partial charge in [0, 0.05) is 19.3 Å². The summed E-state index contributed by atoms with van der Waals surface area (Å²) < 4.78 is 16.8. The molecule has 0 amide bonds. The van der Waals surface area contributed by atoms with Gasteiger partial charge in [-0.1, -0.05) is 282 Å². The highest BCUT2D eigenvalue weighted by atomic mass is 16.6. The van der Waals surface area contributed by atoms with Gasteiger partial charge >= 0.3 is 17.9 Å². The normalized spacial score (nSPS) is 13.1. The molecule has 1 unspecified atom stereocenters. The Morgan fingerprint density at radius 3 is 0.772 bits per heavy atom. The zero-order valence-electron chi connectivity index (χ0n) is 51.1. The van der Waals surface area contributed by atoms with Crippen molar-refractivity contribution in [2.75, 3.05) is 13.2 Å². The molecule has 0 spiro atoms. The molecule has 0 aromatic rings. The summed E-state index contributed by atoms with van der Waals surface area (Å²) in [5.74, 6) is -0.931. The maximum atomic E-state index is 12.8. The molecule has 0 aromatic heterocycles. The van der Waals surface area contributed by atoms with Crippen LogP contribution in [0.25, 0.3) is 0 Å². The predicted octanol–water partition coefficient (Wildman–Crippen LogP) is 22.3. The predicted molar refractivity (Wildman–Crippen MR) is 343 cm³/mol. The van der Waals surface area contributed by atoms with Crippen LogP contribution in [0.5, 0.6) is 0 Å². The Kier molecular flexibility index (Phi) is 61.9. The average Bonchev–Trinajstić information content (AvgIpc) is 3.45. The van der Waals surface area contributed by atoms with Gasteiger partial charge in [-0.25, -0.2) is 0 Å². The van der Waals surface area contributed by atoms with Crippen LogP contribution >= 0.6 is 0 Å². The largest absolute Gasteiger partial charge is 0.462 e. The number of hydrogen-bond acceptors (Lipinski definition) is 6. The minimum Gasteiger partial charge on any atom is -0.462 e. The molecule has 0 fully saturated rings. The molecule has 0 aliphatic heterocycles. The molecule has 0 radical (unpaired) electrons. The Labute approximate surface area is 487 Å². The molecule has 0 bridgehead atoms. The van der Waals surface area contributed by atoms with Gasteiger partial charge in [0.2, 0.25) is 0 Å². The van der Waals surface area contributed by atoms with E-state index >= 15 is 0 Å². The quantitative estimate of drug-likeness (QED) is 0.0261. The molecule has 0 saturated heterocycles. The molecule has 0 heterocycles. The highest BCUT2D eigenvalue weighted by Crippen LogP contribution is 2.16. The lowest BCUT2D eigenvalue weighted by molar-refractivity contribution is -0.167. The highest BCUT2D eigenvalue weighted by Gasteiger charge is 2.19. The van der Waals surface area contributed by atoms with E-state index in [1.165, 1.54) is 77.0 Å². The SMILES string of the molecule is CC/C=C\C/C=C\C/C=C\C/C=C\C/C=C\C/C=C\C/C=C\C/C=C\CCCCCCC(=O)OCC(COC(=O)CCCCCCC)OC(=O)CCCCCCCCCCCCCCCC/C=C\C/C=C\C/C=C\C/C=C\CC. The molecule has 1 atom stereocenters. The summed E-state index contributed by atoms with van der Waals surface area (Å²) in [6.07, 6.45) is 94.7. The minimum atomic E-state index is -0.791. The van der Waals surface area contributed by atoms with E-state index in [1.54, 1.807) is 0 Å². The van der Waals surface area contributed by atoms with E-state index in [0.717, 1.165) is 161 Å². The lowest BCUT2D eigenvalue weighted by Crippen LogP contribution is -2.30. The highest BCUT2D eigenvalue weighted by molar-refractivity contribution is 5.71. The summed E-state index contributed by atoms with van der Waals surface area (Å²) in [4.78, 5) is 38.0. The summed E-state index contributed by atoms with van der Waals surface area (Å²) in [6.45, 7) is 6.31. The molecular weight excluding hydrogens is 973 g/mol. The second-order valence-electron chi connectivity index (χ2n) is 20.9. The molecule has 0 aliphatic rings. The second kappa shape index (κ2) is 65.8. The number of esters is 3. The summed E-state index contributed by atoms with van der Waals surface area (Å²) in [5.41, 5.74) is 0. The van der Waals surface area contributed by atoms with Gasteiger partial charge in [-0.15, -0.1) is 0 Å². The van der Waals surface area contributed by atoms with E-state index < -0.39 is 6.10 Å². The number of unbranched alkanes of at least 4 members (excludes halogenated alkanes) is 22. The average molecular weight is 1090 g/mol. The Bertz CT molecular complexity index is 1730. The molecule has 0 aliphatic carbocycles. The number of carbonyl (C=O) groups is 3. The Hall–Kier alpha value is -4.71. The van der Waals surface area contributed by atoms with E-state index in [9.17, 15) is 14.4 Å². The lowest BCUT2D eigenvalue weighted by Gasteiger charge is -2.18. The Morgan fingerprint density at radius 2 is 0.494 bits per heavy atom. The van der Waals surface area contributed by atoms with Crippen molar-refractivity contribution >= 4 is 17.9 Å². The van der Waals surface area contributed by atoms with Crippen molar-refractivity contribution in [3.63, 3.8) is 0 Å². The maximum absolute atomic E-state index is 12.8. The lowest BCUT2D eigenvalue weighted by atomic mass is 10.0. The van der Waals surface area contributed by atoms with E-state index in [1.807, 2.05) is 0 Å². The molecule has 6 nitrogen and oxygen atoms in total. The van der Waals surface area contributed by atoms with Crippen LogP contribution < -0.4 is 0 Å². The van der Waals surface area contributed by atoms with Gasteiger partial charge in [0.1, 0.15) is 13.2 Å². The number of allylic oxidation sites excluding steroid dienone is 24. The van der Waals surface area contributed by atoms with Crippen LogP contribution in [0, 0.1) is 0 Å². The van der Waals surface area contributed by atoms with Crippen LogP contribution in [0.4, 0.5) is 0 Å². The number of carbonyl (C=O) groups excluding carboxylic acids is 3. The van der Waals surface area contributed by atoms with E-state index in [0.29, 0.717) is 19.3 Å². The first-order valence-corrected chi connectivity index (χ1v) is 32.3. The first-order chi connectivity index (χ1) is 39.0. The van der Waals surface area contributed by atoms with Crippen molar-refractivity contribution in [1.82, 2.24) is 0 Å². The summed E-state index contributed by atoms with van der Waals surface area (Å²) in [5, 5.41) is 0. The monoisotopic (exact) mass is 1090 g/mol. The fraction of sp³-hybridized carbons (Fsp3) is 0.630. The fourth-order valence-electron chi connectivity index (χ4n) is 8.57. The number of ether oxygens (including phenoxy) is 3. The summed E-state index contributed by atoms with van der Waals surface area (Å²) in [7, 11) is 0. The van der Waals surface area contributed by atoms with Gasteiger partial charge in [0.15, 0.2) is 6.10 Å². The smallest absolute Gasteiger partial charge is 0.306 e. The summed E-state index contributed by atoms with van der Waals surface area (Å²) >= 11 is 0. The van der Waals surface area contributed by atoms with Crippen molar-refractivity contribution in [3.8, 4) is 0 Å². The number of rotatable bonds is 57. The topological polar surface area (TPSA) is 78.9 Å². The van der Waals surface area contributed by atoms with Crippen molar-refractivity contribution in [3.05, 3.63) is 146 Å². The van der Waals surface area contributed by atoms with Gasteiger partial charge in [0.05, 0.1) is 0 Å². The first kappa shape index (κ1) is 74.3. The third-order valence-corrected chi connectivity index (χ3v) is 13.3. The maximum Gasteiger partial charge on any atom is 0.306 e. The van der Waals surface area contributed by atoms with Crippen LogP contribution in [-0.2, 0) is 28.6 Å². The minimum absolute atomic E-state index is 0.0904. The van der Waals surface area contributed by atoms with E-state index in [4.69, 9.17) is 14.2 Å². The molecule has 0 N–H and O–H groups in total. The van der Waals surface area contributed by atoms with Crippen molar-refractivity contribution in [2.24, 2.45) is 0 Å². The molecule has 0 rings (SSSR count). The van der Waals surface area contributed by atoms with Crippen LogP contribution in [0.15, 0.2) is 146 Å². The van der Waals surface area contributed by atoms with Crippen molar-refractivity contribution in [1.29, 1.82) is 0 Å².